The lowest BCUT2D eigenvalue weighted by Crippen LogP contribution is -2.33. The Labute approximate surface area is 152 Å². The Hall–Kier alpha value is -3.07. The molecule has 1 heterocycles. The van der Waals surface area contributed by atoms with Crippen LogP contribution < -0.4 is 11.1 Å². The van der Waals surface area contributed by atoms with Gasteiger partial charge in [-0.05, 0) is 23.1 Å². The van der Waals surface area contributed by atoms with Crippen molar-refractivity contribution in [2.75, 3.05) is 5.32 Å². The minimum absolute atomic E-state index is 0.0209. The molecule has 6 nitrogen and oxygen atoms in total. The average molecular weight is 351 g/mol. The molecule has 0 bridgehead atoms. The molecule has 0 aromatic heterocycles. The predicted octanol–water partition coefficient (Wildman–Crippen LogP) is 3.10. The number of ether oxygens (including phenoxy) is 1. The smallest absolute Gasteiger partial charge is 0.221 e. The molecule has 0 saturated heterocycles. The van der Waals surface area contributed by atoms with Crippen molar-refractivity contribution in [2.24, 2.45) is 11.1 Å². The molecule has 1 aliphatic heterocycles. The molecule has 1 aromatic rings. The van der Waals surface area contributed by atoms with Crippen LogP contribution in [-0.4, -0.2) is 11.7 Å². The fourth-order valence-corrected chi connectivity index (χ4v) is 3.58. The normalized spacial score (nSPS) is 21.6. The zero-order chi connectivity index (χ0) is 19.1. The number of rotatable bonds is 2. The van der Waals surface area contributed by atoms with Crippen LogP contribution in [0.2, 0.25) is 0 Å². The number of Topliss-reactive ketones (excluding diaryl/α,β-unsaturated/α-hetero) is 1. The predicted molar refractivity (Wildman–Crippen MR) is 96.4 cm³/mol. The number of nitrogens with two attached hydrogens (primary N) is 1. The Morgan fingerprint density at radius 1 is 1.31 bits per heavy atom. The molecule has 6 heteroatoms. The van der Waals surface area contributed by atoms with Crippen LogP contribution in [0.25, 0.3) is 0 Å². The molecule has 1 amide bonds. The van der Waals surface area contributed by atoms with Crippen LogP contribution in [0.1, 0.15) is 45.1 Å². The van der Waals surface area contributed by atoms with Gasteiger partial charge in [-0.15, -0.1) is 0 Å². The summed E-state index contributed by atoms with van der Waals surface area (Å²) >= 11 is 0. The molecule has 0 spiro atoms. The number of carbonyl (C=O) groups is 2. The molecular weight excluding hydrogens is 330 g/mol. The topological polar surface area (TPSA) is 105 Å². The number of hydrogen-bond donors (Lipinski definition) is 2. The van der Waals surface area contributed by atoms with Crippen molar-refractivity contribution in [2.45, 2.75) is 39.5 Å². The third kappa shape index (κ3) is 3.21. The number of hydrogen-bond acceptors (Lipinski definition) is 5. The molecule has 134 valence electrons. The molecule has 0 radical (unpaired) electrons. The SMILES string of the molecule is CC(=O)Nc1ccc([C@H]2C(C#N)=C(N)OC3=C2C(=O)CC(C)(C)C3)cc1. The highest BCUT2D eigenvalue weighted by Gasteiger charge is 2.42. The number of anilines is 1. The first-order valence-electron chi connectivity index (χ1n) is 8.43. The quantitative estimate of drug-likeness (QED) is 0.852. The molecule has 1 atom stereocenters. The van der Waals surface area contributed by atoms with Gasteiger partial charge in [-0.2, -0.15) is 5.26 Å². The summed E-state index contributed by atoms with van der Waals surface area (Å²) in [5, 5.41) is 12.3. The molecule has 26 heavy (non-hydrogen) atoms. The van der Waals surface area contributed by atoms with Crippen LogP contribution >= 0.6 is 0 Å². The van der Waals surface area contributed by atoms with Crippen LogP contribution in [0.3, 0.4) is 0 Å². The molecule has 2 aliphatic rings. The maximum atomic E-state index is 12.8. The van der Waals surface area contributed by atoms with E-state index in [0.717, 1.165) is 5.56 Å². The van der Waals surface area contributed by atoms with E-state index >= 15 is 0 Å². The van der Waals surface area contributed by atoms with Gasteiger partial charge in [-0.1, -0.05) is 26.0 Å². The number of nitriles is 1. The van der Waals surface area contributed by atoms with Gasteiger partial charge in [-0.25, -0.2) is 0 Å². The van der Waals surface area contributed by atoms with Crippen molar-refractivity contribution >= 4 is 17.4 Å². The van der Waals surface area contributed by atoms with E-state index in [0.29, 0.717) is 29.9 Å². The summed E-state index contributed by atoms with van der Waals surface area (Å²) in [5.41, 5.74) is 7.95. The summed E-state index contributed by atoms with van der Waals surface area (Å²) in [6.45, 7) is 5.45. The summed E-state index contributed by atoms with van der Waals surface area (Å²) in [6.07, 6.45) is 0.988. The van der Waals surface area contributed by atoms with Crippen molar-refractivity contribution in [3.05, 3.63) is 52.6 Å². The molecule has 1 aromatic carbocycles. The fourth-order valence-electron chi connectivity index (χ4n) is 3.58. The molecule has 3 N–H and O–H groups in total. The Kier molecular flexibility index (Phi) is 4.33. The summed E-state index contributed by atoms with van der Waals surface area (Å²) in [6, 6.07) is 9.18. The van der Waals surface area contributed by atoms with Gasteiger partial charge in [0.25, 0.3) is 0 Å². The Morgan fingerprint density at radius 2 is 1.96 bits per heavy atom. The van der Waals surface area contributed by atoms with E-state index in [4.69, 9.17) is 10.5 Å². The van der Waals surface area contributed by atoms with Gasteiger partial charge in [-0.3, -0.25) is 9.59 Å². The van der Waals surface area contributed by atoms with E-state index in [1.165, 1.54) is 6.92 Å². The van der Waals surface area contributed by atoms with Gasteiger partial charge in [0.15, 0.2) is 5.78 Å². The zero-order valence-electron chi connectivity index (χ0n) is 15.1. The first kappa shape index (κ1) is 17.7. The lowest BCUT2D eigenvalue weighted by atomic mass is 9.70. The molecule has 3 rings (SSSR count). The van der Waals surface area contributed by atoms with Crippen molar-refractivity contribution in [3.63, 3.8) is 0 Å². The van der Waals surface area contributed by atoms with Gasteiger partial charge < -0.3 is 15.8 Å². The monoisotopic (exact) mass is 351 g/mol. The van der Waals surface area contributed by atoms with Crippen molar-refractivity contribution in [1.82, 2.24) is 0 Å². The lowest BCUT2D eigenvalue weighted by molar-refractivity contribution is -0.119. The van der Waals surface area contributed by atoms with Gasteiger partial charge >= 0.3 is 0 Å². The van der Waals surface area contributed by atoms with Crippen molar-refractivity contribution < 1.29 is 14.3 Å². The van der Waals surface area contributed by atoms with Crippen LogP contribution in [0.5, 0.6) is 0 Å². The van der Waals surface area contributed by atoms with E-state index in [1.54, 1.807) is 24.3 Å². The number of carbonyl (C=O) groups excluding carboxylic acids is 2. The largest absolute Gasteiger partial charge is 0.444 e. The molecule has 0 fully saturated rings. The van der Waals surface area contributed by atoms with Gasteiger partial charge in [0.1, 0.15) is 17.4 Å². The van der Waals surface area contributed by atoms with Crippen molar-refractivity contribution in [1.29, 1.82) is 5.26 Å². The average Bonchev–Trinajstić information content (AvgIpc) is 2.52. The summed E-state index contributed by atoms with van der Waals surface area (Å²) < 4.78 is 5.66. The maximum Gasteiger partial charge on any atom is 0.221 e. The zero-order valence-corrected chi connectivity index (χ0v) is 15.1. The minimum atomic E-state index is -0.543. The maximum absolute atomic E-state index is 12.8. The molecule has 0 unspecified atom stereocenters. The summed E-state index contributed by atoms with van der Waals surface area (Å²) in [4.78, 5) is 24.0. The van der Waals surface area contributed by atoms with E-state index in [2.05, 4.69) is 11.4 Å². The third-order valence-corrected chi connectivity index (χ3v) is 4.64. The van der Waals surface area contributed by atoms with Gasteiger partial charge in [0.05, 0.1) is 5.92 Å². The van der Waals surface area contributed by atoms with Crippen LogP contribution in [0.4, 0.5) is 5.69 Å². The number of benzene rings is 1. The molecule has 0 saturated carbocycles. The van der Waals surface area contributed by atoms with E-state index in [-0.39, 0.29) is 28.6 Å². The second kappa shape index (κ2) is 6.34. The highest BCUT2D eigenvalue weighted by molar-refractivity contribution is 6.00. The van der Waals surface area contributed by atoms with Crippen LogP contribution in [0, 0.1) is 16.7 Å². The van der Waals surface area contributed by atoms with Gasteiger partial charge in [0.2, 0.25) is 11.8 Å². The molecule has 1 aliphatic carbocycles. The third-order valence-electron chi connectivity index (χ3n) is 4.64. The Bertz CT molecular complexity index is 886. The Morgan fingerprint density at radius 3 is 2.54 bits per heavy atom. The lowest BCUT2D eigenvalue weighted by Gasteiger charge is -2.37. The fraction of sp³-hybridized carbons (Fsp3) is 0.350. The highest BCUT2D eigenvalue weighted by atomic mass is 16.5. The van der Waals surface area contributed by atoms with Gasteiger partial charge in [0, 0.05) is 31.0 Å². The number of allylic oxidation sites excluding steroid dienone is 3. The Balaban J connectivity index is 2.08. The number of nitrogens with one attached hydrogen (secondary N) is 1. The molecular formula is C20H21N3O3. The van der Waals surface area contributed by atoms with E-state index < -0.39 is 5.92 Å². The number of amides is 1. The van der Waals surface area contributed by atoms with Crippen molar-refractivity contribution in [3.8, 4) is 6.07 Å². The second-order valence-electron chi connectivity index (χ2n) is 7.51. The highest BCUT2D eigenvalue weighted by Crippen LogP contribution is 2.47. The first-order chi connectivity index (χ1) is 12.2. The number of ketones is 1. The second-order valence-corrected chi connectivity index (χ2v) is 7.51. The van der Waals surface area contributed by atoms with E-state index in [1.807, 2.05) is 13.8 Å². The number of nitrogens with zero attached hydrogens (tertiary/aromatic N) is 1. The van der Waals surface area contributed by atoms with E-state index in [9.17, 15) is 14.9 Å². The van der Waals surface area contributed by atoms with Crippen LogP contribution in [-0.2, 0) is 14.3 Å². The first-order valence-corrected chi connectivity index (χ1v) is 8.43. The minimum Gasteiger partial charge on any atom is -0.444 e. The van der Waals surface area contributed by atoms with Crippen LogP contribution in [0.15, 0.2) is 47.1 Å². The summed E-state index contributed by atoms with van der Waals surface area (Å²) in [7, 11) is 0. The summed E-state index contributed by atoms with van der Waals surface area (Å²) in [5.74, 6) is -0.127. The standard InChI is InChI=1S/C20H21N3O3/c1-11(24)23-13-6-4-12(5-7-13)17-14(10-21)19(22)26-16-9-20(2,3)8-15(25)18(16)17/h4-7,17H,8-9,22H2,1-3H3,(H,23,24)/t17-/m0/s1.